The van der Waals surface area contributed by atoms with Gasteiger partial charge in [-0.15, -0.1) is 0 Å². The molecule has 0 saturated heterocycles. The minimum atomic E-state index is -1.18. The standard InChI is InChI=1S/C26H29ClN4O3/c1-26(25(33)28-19-10-5-3-2-4-6-11-19)17-30-22(16-21(29-30)23-13-8-14-34-23)24(32)31(26)20-12-7-9-18(27)15-20/h7-9,12-16,19H,2-6,10-11,17H2,1H3,(H,28,33)/t26-/m0/s1. The number of halogens is 1. The van der Waals surface area contributed by atoms with Gasteiger partial charge in [0.15, 0.2) is 5.76 Å². The fraction of sp³-hybridized carbons (Fsp3) is 0.423. The SMILES string of the molecule is C[C@@]1(C(=O)NC2CCCCCCC2)Cn2nc(-c3ccco3)cc2C(=O)N1c1cccc(Cl)c1. The van der Waals surface area contributed by atoms with Crippen LogP contribution < -0.4 is 10.2 Å². The lowest BCUT2D eigenvalue weighted by Crippen LogP contribution is -2.65. The maximum absolute atomic E-state index is 13.8. The average Bonchev–Trinajstić information content (AvgIpc) is 3.45. The van der Waals surface area contributed by atoms with Gasteiger partial charge >= 0.3 is 0 Å². The molecule has 2 aromatic heterocycles. The molecule has 0 spiro atoms. The van der Waals surface area contributed by atoms with Gasteiger partial charge in [0.25, 0.3) is 5.91 Å². The van der Waals surface area contributed by atoms with Crippen molar-refractivity contribution < 1.29 is 14.0 Å². The van der Waals surface area contributed by atoms with E-state index in [0.29, 0.717) is 27.9 Å². The second-order valence-electron chi connectivity index (χ2n) is 9.46. The zero-order chi connectivity index (χ0) is 23.7. The van der Waals surface area contributed by atoms with Crippen molar-refractivity contribution in [2.45, 2.75) is 70.0 Å². The minimum absolute atomic E-state index is 0.110. The number of aromatic nitrogens is 2. The number of hydrogen-bond donors (Lipinski definition) is 1. The first-order valence-corrected chi connectivity index (χ1v) is 12.4. The molecule has 3 aromatic rings. The van der Waals surface area contributed by atoms with Crippen molar-refractivity contribution in [3.63, 3.8) is 0 Å². The molecule has 1 aliphatic heterocycles. The highest BCUT2D eigenvalue weighted by Gasteiger charge is 2.49. The Bertz CT molecular complexity index is 1180. The number of furan rings is 1. The van der Waals surface area contributed by atoms with Gasteiger partial charge in [-0.2, -0.15) is 5.10 Å². The zero-order valence-corrected chi connectivity index (χ0v) is 20.1. The molecule has 34 heavy (non-hydrogen) atoms. The molecule has 1 saturated carbocycles. The lowest BCUT2D eigenvalue weighted by atomic mass is 9.91. The molecule has 178 valence electrons. The van der Waals surface area contributed by atoms with Crippen molar-refractivity contribution in [2.75, 3.05) is 4.90 Å². The van der Waals surface area contributed by atoms with Gasteiger partial charge in [0.05, 0.1) is 12.8 Å². The van der Waals surface area contributed by atoms with E-state index in [2.05, 4.69) is 10.4 Å². The highest BCUT2D eigenvalue weighted by molar-refractivity contribution is 6.31. The van der Waals surface area contributed by atoms with Crippen LogP contribution in [0.3, 0.4) is 0 Å². The van der Waals surface area contributed by atoms with E-state index in [0.717, 1.165) is 25.7 Å². The van der Waals surface area contributed by atoms with E-state index in [1.54, 1.807) is 59.2 Å². The Morgan fingerprint density at radius 3 is 2.59 bits per heavy atom. The minimum Gasteiger partial charge on any atom is -0.463 e. The number of anilines is 1. The molecule has 2 aliphatic rings. The molecule has 1 fully saturated rings. The summed E-state index contributed by atoms with van der Waals surface area (Å²) in [5.41, 5.74) is 0.371. The van der Waals surface area contributed by atoms with Crippen LogP contribution in [-0.2, 0) is 11.3 Å². The van der Waals surface area contributed by atoms with E-state index in [1.165, 1.54) is 19.3 Å². The summed E-state index contributed by atoms with van der Waals surface area (Å²) in [6, 6.07) is 12.5. The maximum atomic E-state index is 13.8. The fourth-order valence-corrected chi connectivity index (χ4v) is 5.27. The van der Waals surface area contributed by atoms with Crippen LogP contribution in [0.4, 0.5) is 5.69 Å². The van der Waals surface area contributed by atoms with Gasteiger partial charge in [0.2, 0.25) is 5.91 Å². The predicted molar refractivity (Wildman–Crippen MR) is 131 cm³/mol. The van der Waals surface area contributed by atoms with E-state index in [9.17, 15) is 9.59 Å². The van der Waals surface area contributed by atoms with Crippen LogP contribution in [0.15, 0.2) is 53.1 Å². The molecule has 1 atom stereocenters. The molecule has 7 nitrogen and oxygen atoms in total. The molecule has 8 heteroatoms. The van der Waals surface area contributed by atoms with Gasteiger partial charge in [-0.1, -0.05) is 49.8 Å². The largest absolute Gasteiger partial charge is 0.463 e. The summed E-state index contributed by atoms with van der Waals surface area (Å²) in [6.45, 7) is 2.03. The van der Waals surface area contributed by atoms with Crippen molar-refractivity contribution >= 4 is 29.1 Å². The summed E-state index contributed by atoms with van der Waals surface area (Å²) in [7, 11) is 0. The van der Waals surface area contributed by atoms with E-state index >= 15 is 0 Å². The third-order valence-electron chi connectivity index (χ3n) is 6.92. The monoisotopic (exact) mass is 480 g/mol. The highest BCUT2D eigenvalue weighted by Crippen LogP contribution is 2.35. The predicted octanol–water partition coefficient (Wildman–Crippen LogP) is 5.44. The Morgan fingerprint density at radius 2 is 1.88 bits per heavy atom. The Kier molecular flexibility index (Phi) is 6.21. The maximum Gasteiger partial charge on any atom is 0.277 e. The van der Waals surface area contributed by atoms with E-state index < -0.39 is 5.54 Å². The van der Waals surface area contributed by atoms with Crippen LogP contribution in [0.5, 0.6) is 0 Å². The van der Waals surface area contributed by atoms with Crippen LogP contribution in [-0.4, -0.2) is 33.2 Å². The van der Waals surface area contributed by atoms with Crippen LogP contribution in [0.2, 0.25) is 5.02 Å². The molecule has 0 radical (unpaired) electrons. The number of rotatable bonds is 4. The third-order valence-corrected chi connectivity index (χ3v) is 7.16. The third kappa shape index (κ3) is 4.25. The molecular weight excluding hydrogens is 452 g/mol. The van der Waals surface area contributed by atoms with Crippen molar-refractivity contribution in [3.8, 4) is 11.5 Å². The van der Waals surface area contributed by atoms with Crippen LogP contribution in [0, 0.1) is 0 Å². The highest BCUT2D eigenvalue weighted by atomic mass is 35.5. The average molecular weight is 481 g/mol. The summed E-state index contributed by atoms with van der Waals surface area (Å²) in [5, 5.41) is 8.39. The number of fused-ring (bicyclic) bond motifs is 1. The second kappa shape index (κ2) is 9.29. The quantitative estimate of drug-likeness (QED) is 0.538. The van der Waals surface area contributed by atoms with Crippen molar-refractivity contribution in [3.05, 3.63) is 59.4 Å². The Morgan fingerprint density at radius 1 is 1.12 bits per heavy atom. The van der Waals surface area contributed by atoms with Gasteiger partial charge in [-0.05, 0) is 50.1 Å². The molecule has 3 heterocycles. The Hall–Kier alpha value is -3.06. The lowest BCUT2D eigenvalue weighted by molar-refractivity contribution is -0.127. The number of nitrogens with one attached hydrogen (secondary N) is 1. The van der Waals surface area contributed by atoms with Crippen LogP contribution in [0.1, 0.15) is 62.4 Å². The molecular formula is C26H29ClN4O3. The number of amides is 2. The Balaban J connectivity index is 1.52. The van der Waals surface area contributed by atoms with Gasteiger partial charge in [0.1, 0.15) is 16.9 Å². The van der Waals surface area contributed by atoms with Crippen molar-refractivity contribution in [1.82, 2.24) is 15.1 Å². The molecule has 5 rings (SSSR count). The second-order valence-corrected chi connectivity index (χ2v) is 9.90. The summed E-state index contributed by atoms with van der Waals surface area (Å²) < 4.78 is 7.11. The van der Waals surface area contributed by atoms with Crippen molar-refractivity contribution in [1.29, 1.82) is 0 Å². The smallest absolute Gasteiger partial charge is 0.277 e. The number of nitrogens with zero attached hydrogens (tertiary/aromatic N) is 3. The van der Waals surface area contributed by atoms with Gasteiger partial charge in [-0.3, -0.25) is 19.2 Å². The number of carbonyl (C=O) groups excluding carboxylic acids is 2. The van der Waals surface area contributed by atoms with Crippen LogP contribution >= 0.6 is 11.6 Å². The normalized spacial score (nSPS) is 21.6. The van der Waals surface area contributed by atoms with E-state index in [1.807, 2.05) is 6.07 Å². The molecule has 0 unspecified atom stereocenters. The summed E-state index contributed by atoms with van der Waals surface area (Å²) in [4.78, 5) is 29.3. The van der Waals surface area contributed by atoms with E-state index in [4.69, 9.17) is 16.0 Å². The molecule has 2 amide bonds. The van der Waals surface area contributed by atoms with Gasteiger partial charge < -0.3 is 9.73 Å². The molecule has 0 bridgehead atoms. The van der Waals surface area contributed by atoms with Gasteiger partial charge in [0, 0.05) is 22.8 Å². The van der Waals surface area contributed by atoms with Gasteiger partial charge in [-0.25, -0.2) is 0 Å². The lowest BCUT2D eigenvalue weighted by Gasteiger charge is -2.43. The summed E-state index contributed by atoms with van der Waals surface area (Å²) in [6.07, 6.45) is 9.36. The Labute approximate surface area is 204 Å². The fourth-order valence-electron chi connectivity index (χ4n) is 5.09. The first-order valence-electron chi connectivity index (χ1n) is 12.0. The van der Waals surface area contributed by atoms with Crippen molar-refractivity contribution in [2.24, 2.45) is 0 Å². The zero-order valence-electron chi connectivity index (χ0n) is 19.3. The number of hydrogen-bond acceptors (Lipinski definition) is 4. The van der Waals surface area contributed by atoms with E-state index in [-0.39, 0.29) is 24.4 Å². The first kappa shape index (κ1) is 22.7. The summed E-state index contributed by atoms with van der Waals surface area (Å²) in [5.74, 6) is 0.103. The number of benzene rings is 1. The summed E-state index contributed by atoms with van der Waals surface area (Å²) >= 11 is 6.28. The molecule has 1 N–H and O–H groups in total. The first-order chi connectivity index (χ1) is 16.5. The molecule has 1 aromatic carbocycles. The topological polar surface area (TPSA) is 80.4 Å². The molecule has 1 aliphatic carbocycles. The van der Waals surface area contributed by atoms with Crippen LogP contribution in [0.25, 0.3) is 11.5 Å². The number of carbonyl (C=O) groups is 2.